The number of hydrogen-bond donors (Lipinski definition) is 2. The summed E-state index contributed by atoms with van der Waals surface area (Å²) in [4.78, 5) is 0. The lowest BCUT2D eigenvalue weighted by molar-refractivity contribution is 0.295. The Morgan fingerprint density at radius 3 is 2.37 bits per heavy atom. The van der Waals surface area contributed by atoms with Gasteiger partial charge in [0.2, 0.25) is 10.0 Å². The van der Waals surface area contributed by atoms with E-state index in [0.29, 0.717) is 17.7 Å². The molecule has 3 atom stereocenters. The minimum absolute atomic E-state index is 0.0600. The van der Waals surface area contributed by atoms with Crippen molar-refractivity contribution in [1.82, 2.24) is 10.0 Å². The van der Waals surface area contributed by atoms with E-state index in [-0.39, 0.29) is 12.1 Å². The first-order valence-corrected chi connectivity index (χ1v) is 9.37. The van der Waals surface area contributed by atoms with Crippen molar-refractivity contribution in [2.45, 2.75) is 76.9 Å². The number of nitrogens with one attached hydrogen (secondary N) is 2. The molecule has 2 rings (SSSR count). The fourth-order valence-electron chi connectivity index (χ4n) is 3.43. The van der Waals surface area contributed by atoms with Gasteiger partial charge in [-0.2, -0.15) is 0 Å². The molecule has 4 nitrogen and oxygen atoms in total. The molecule has 5 heteroatoms. The van der Waals surface area contributed by atoms with Gasteiger partial charge in [-0.3, -0.25) is 0 Å². The minimum Gasteiger partial charge on any atom is -0.310 e. The molecule has 1 aliphatic heterocycles. The molecule has 1 saturated carbocycles. The number of rotatable bonds is 4. The van der Waals surface area contributed by atoms with Crippen molar-refractivity contribution in [1.29, 1.82) is 0 Å². The van der Waals surface area contributed by atoms with E-state index >= 15 is 0 Å². The predicted octanol–water partition coefficient (Wildman–Crippen LogP) is 2.02. The fraction of sp³-hybridized carbons (Fsp3) is 1.00. The fourth-order valence-corrected chi connectivity index (χ4v) is 5.27. The average Bonchev–Trinajstić information content (AvgIpc) is 2.33. The van der Waals surface area contributed by atoms with E-state index in [0.717, 1.165) is 25.7 Å². The van der Waals surface area contributed by atoms with E-state index in [2.05, 4.69) is 23.9 Å². The Bertz CT molecular complexity index is 377. The summed E-state index contributed by atoms with van der Waals surface area (Å²) in [5, 5.41) is 3.43. The van der Waals surface area contributed by atoms with Crippen LogP contribution in [-0.4, -0.2) is 32.3 Å². The largest absolute Gasteiger partial charge is 0.310 e. The SMILES string of the molecule is CC1CCC(NS(=O)(=O)CC2CCCCC2)C(C)N1. The van der Waals surface area contributed by atoms with Gasteiger partial charge in [0.15, 0.2) is 0 Å². The lowest BCUT2D eigenvalue weighted by Gasteiger charge is -2.34. The maximum Gasteiger partial charge on any atom is 0.212 e. The van der Waals surface area contributed by atoms with E-state index in [1.807, 2.05) is 0 Å². The highest BCUT2D eigenvalue weighted by Gasteiger charge is 2.29. The third kappa shape index (κ3) is 4.72. The summed E-state index contributed by atoms with van der Waals surface area (Å²) in [6.07, 6.45) is 7.80. The third-order valence-electron chi connectivity index (χ3n) is 4.57. The van der Waals surface area contributed by atoms with Crippen LogP contribution in [0, 0.1) is 5.92 Å². The summed E-state index contributed by atoms with van der Waals surface area (Å²) < 4.78 is 27.4. The van der Waals surface area contributed by atoms with E-state index in [1.54, 1.807) is 0 Å². The first kappa shape index (κ1) is 15.3. The smallest absolute Gasteiger partial charge is 0.212 e. The van der Waals surface area contributed by atoms with E-state index in [4.69, 9.17) is 0 Å². The maximum absolute atomic E-state index is 12.3. The summed E-state index contributed by atoms with van der Waals surface area (Å²) in [6.45, 7) is 4.23. The van der Waals surface area contributed by atoms with Gasteiger partial charge in [0.25, 0.3) is 0 Å². The van der Waals surface area contributed by atoms with Gasteiger partial charge in [-0.15, -0.1) is 0 Å². The normalized spacial score (nSPS) is 34.3. The van der Waals surface area contributed by atoms with Crippen molar-refractivity contribution < 1.29 is 8.42 Å². The molecular formula is C14H28N2O2S. The zero-order valence-electron chi connectivity index (χ0n) is 12.2. The van der Waals surface area contributed by atoms with Crippen LogP contribution in [0.1, 0.15) is 58.8 Å². The van der Waals surface area contributed by atoms with Crippen molar-refractivity contribution in [2.75, 3.05) is 5.75 Å². The Labute approximate surface area is 117 Å². The van der Waals surface area contributed by atoms with Gasteiger partial charge < -0.3 is 5.32 Å². The zero-order valence-corrected chi connectivity index (χ0v) is 13.0. The van der Waals surface area contributed by atoms with Crippen LogP contribution in [0.3, 0.4) is 0 Å². The quantitative estimate of drug-likeness (QED) is 0.832. The van der Waals surface area contributed by atoms with Crippen LogP contribution in [0.4, 0.5) is 0 Å². The average molecular weight is 288 g/mol. The molecule has 0 aromatic carbocycles. The molecule has 0 bridgehead atoms. The molecule has 19 heavy (non-hydrogen) atoms. The molecule has 2 fully saturated rings. The maximum atomic E-state index is 12.3. The predicted molar refractivity (Wildman–Crippen MR) is 78.6 cm³/mol. The van der Waals surface area contributed by atoms with Gasteiger partial charge >= 0.3 is 0 Å². The molecule has 0 aromatic rings. The Kier molecular flexibility index (Phi) is 5.26. The summed E-state index contributed by atoms with van der Waals surface area (Å²) in [7, 11) is -3.12. The van der Waals surface area contributed by atoms with Gasteiger partial charge in [0, 0.05) is 18.1 Å². The Balaban J connectivity index is 1.86. The van der Waals surface area contributed by atoms with Gasteiger partial charge in [-0.05, 0) is 45.4 Å². The molecule has 0 amide bonds. The molecule has 0 radical (unpaired) electrons. The zero-order chi connectivity index (χ0) is 13.9. The first-order chi connectivity index (χ1) is 8.96. The topological polar surface area (TPSA) is 58.2 Å². The summed E-state index contributed by atoms with van der Waals surface area (Å²) in [5.74, 6) is 0.697. The molecule has 2 N–H and O–H groups in total. The highest BCUT2D eigenvalue weighted by Crippen LogP contribution is 2.25. The molecule has 1 saturated heterocycles. The summed E-state index contributed by atoms with van der Waals surface area (Å²) in [5.41, 5.74) is 0. The minimum atomic E-state index is -3.12. The monoisotopic (exact) mass is 288 g/mol. The van der Waals surface area contributed by atoms with Crippen LogP contribution < -0.4 is 10.0 Å². The number of hydrogen-bond acceptors (Lipinski definition) is 3. The molecule has 3 unspecified atom stereocenters. The molecule has 0 aromatic heterocycles. The second-order valence-electron chi connectivity index (χ2n) is 6.44. The molecule has 2 aliphatic rings. The first-order valence-electron chi connectivity index (χ1n) is 7.72. The Morgan fingerprint density at radius 2 is 1.74 bits per heavy atom. The lowest BCUT2D eigenvalue weighted by atomic mass is 9.91. The molecular weight excluding hydrogens is 260 g/mol. The van der Waals surface area contributed by atoms with Gasteiger partial charge in [0.1, 0.15) is 0 Å². The third-order valence-corrected chi connectivity index (χ3v) is 6.14. The second-order valence-corrected chi connectivity index (χ2v) is 8.24. The van der Waals surface area contributed by atoms with Crippen molar-refractivity contribution in [3.05, 3.63) is 0 Å². The van der Waals surface area contributed by atoms with Crippen LogP contribution in [0.2, 0.25) is 0 Å². The second kappa shape index (κ2) is 6.55. The molecule has 1 heterocycles. The number of piperidine rings is 1. The van der Waals surface area contributed by atoms with E-state index in [9.17, 15) is 8.42 Å². The van der Waals surface area contributed by atoms with E-state index in [1.165, 1.54) is 19.3 Å². The van der Waals surface area contributed by atoms with Gasteiger partial charge in [-0.1, -0.05) is 19.3 Å². The highest BCUT2D eigenvalue weighted by molar-refractivity contribution is 7.89. The van der Waals surface area contributed by atoms with Crippen LogP contribution in [0.5, 0.6) is 0 Å². The molecule has 112 valence electrons. The van der Waals surface area contributed by atoms with Crippen LogP contribution >= 0.6 is 0 Å². The van der Waals surface area contributed by atoms with Crippen LogP contribution in [0.15, 0.2) is 0 Å². The Morgan fingerprint density at radius 1 is 1.05 bits per heavy atom. The van der Waals surface area contributed by atoms with Crippen LogP contribution in [0.25, 0.3) is 0 Å². The standard InChI is InChI=1S/C14H28N2O2S/c1-11-8-9-14(12(2)15-11)16-19(17,18)10-13-6-4-3-5-7-13/h11-16H,3-10H2,1-2H3. The summed E-state index contributed by atoms with van der Waals surface area (Å²) >= 11 is 0. The van der Waals surface area contributed by atoms with Crippen molar-refractivity contribution in [2.24, 2.45) is 5.92 Å². The van der Waals surface area contributed by atoms with Crippen molar-refractivity contribution in [3.8, 4) is 0 Å². The van der Waals surface area contributed by atoms with Crippen molar-refractivity contribution >= 4 is 10.0 Å². The molecule has 0 spiro atoms. The van der Waals surface area contributed by atoms with Crippen molar-refractivity contribution in [3.63, 3.8) is 0 Å². The van der Waals surface area contributed by atoms with E-state index < -0.39 is 10.0 Å². The Hall–Kier alpha value is -0.130. The van der Waals surface area contributed by atoms with Crippen LogP contribution in [-0.2, 0) is 10.0 Å². The summed E-state index contributed by atoms with van der Waals surface area (Å²) in [6, 6.07) is 0.781. The number of sulfonamides is 1. The van der Waals surface area contributed by atoms with Gasteiger partial charge in [-0.25, -0.2) is 13.1 Å². The molecule has 1 aliphatic carbocycles. The lowest BCUT2D eigenvalue weighted by Crippen LogP contribution is -2.55. The highest BCUT2D eigenvalue weighted by atomic mass is 32.2. The van der Waals surface area contributed by atoms with Gasteiger partial charge in [0.05, 0.1) is 5.75 Å².